The van der Waals surface area contributed by atoms with E-state index in [1.165, 1.54) is 0 Å². The Balaban J connectivity index is 2.41. The molecule has 0 heterocycles. The van der Waals surface area contributed by atoms with Crippen molar-refractivity contribution in [2.24, 2.45) is 0 Å². The minimum atomic E-state index is -0.108. The fourth-order valence-electron chi connectivity index (χ4n) is 2.84. The number of para-hydroxylation sites is 1. The van der Waals surface area contributed by atoms with Crippen LogP contribution in [0, 0.1) is 6.92 Å². The maximum Gasteiger partial charge on any atom is 0.255 e. The quantitative estimate of drug-likeness (QED) is 0.788. The monoisotopic (exact) mass is 325 g/mol. The van der Waals surface area contributed by atoms with E-state index in [0.717, 1.165) is 28.1 Å². The van der Waals surface area contributed by atoms with E-state index >= 15 is 0 Å². The summed E-state index contributed by atoms with van der Waals surface area (Å²) >= 11 is 0. The summed E-state index contributed by atoms with van der Waals surface area (Å²) in [4.78, 5) is 12.8. The molecule has 24 heavy (non-hydrogen) atoms. The first kappa shape index (κ1) is 18.1. The van der Waals surface area contributed by atoms with Crippen LogP contribution in [0.5, 0.6) is 5.75 Å². The molecule has 0 unspecified atom stereocenters. The van der Waals surface area contributed by atoms with E-state index in [2.05, 4.69) is 51.2 Å². The predicted molar refractivity (Wildman–Crippen MR) is 100 cm³/mol. The van der Waals surface area contributed by atoms with Gasteiger partial charge in [-0.1, -0.05) is 52.0 Å². The molecule has 1 N–H and O–H groups in total. The van der Waals surface area contributed by atoms with Gasteiger partial charge in [0.05, 0.1) is 7.11 Å². The summed E-state index contributed by atoms with van der Waals surface area (Å²) in [7, 11) is 1.62. The van der Waals surface area contributed by atoms with E-state index in [9.17, 15) is 4.79 Å². The number of carbonyl (C=O) groups excluding carboxylic acids is 1. The smallest absolute Gasteiger partial charge is 0.255 e. The molecule has 0 radical (unpaired) electrons. The van der Waals surface area contributed by atoms with Gasteiger partial charge in [0.25, 0.3) is 5.91 Å². The van der Waals surface area contributed by atoms with Crippen LogP contribution in [-0.2, 0) is 0 Å². The molecule has 0 aromatic heterocycles. The molecule has 0 saturated carbocycles. The second-order valence-corrected chi connectivity index (χ2v) is 6.76. The number of methoxy groups -OCH3 is 1. The number of aryl methyl sites for hydroxylation is 1. The maximum atomic E-state index is 12.8. The van der Waals surface area contributed by atoms with Gasteiger partial charge in [-0.25, -0.2) is 0 Å². The number of carbonyl (C=O) groups is 1. The zero-order chi connectivity index (χ0) is 17.9. The molecule has 0 fully saturated rings. The van der Waals surface area contributed by atoms with Gasteiger partial charge in [-0.05, 0) is 47.6 Å². The third kappa shape index (κ3) is 3.78. The average Bonchev–Trinajstić information content (AvgIpc) is 2.54. The highest BCUT2D eigenvalue weighted by molar-refractivity contribution is 6.05. The van der Waals surface area contributed by atoms with Crippen LogP contribution in [0.4, 0.5) is 5.69 Å². The van der Waals surface area contributed by atoms with Crippen molar-refractivity contribution in [3.63, 3.8) is 0 Å². The van der Waals surface area contributed by atoms with Crippen LogP contribution in [0.25, 0.3) is 0 Å². The summed E-state index contributed by atoms with van der Waals surface area (Å²) in [6, 6.07) is 11.8. The molecule has 2 aromatic carbocycles. The van der Waals surface area contributed by atoms with Crippen molar-refractivity contribution in [2.75, 3.05) is 12.4 Å². The summed E-state index contributed by atoms with van der Waals surface area (Å²) in [5.41, 5.74) is 4.87. The molecule has 3 nitrogen and oxygen atoms in total. The standard InChI is InChI=1S/C21H27NO2/c1-13(2)17-8-7-9-18(14(3)4)20(17)22-21(23)16-11-10-15(5)19(12-16)24-6/h7-14H,1-6H3,(H,22,23). The Bertz CT molecular complexity index is 706. The molecule has 0 saturated heterocycles. The lowest BCUT2D eigenvalue weighted by Gasteiger charge is -2.20. The van der Waals surface area contributed by atoms with Gasteiger partial charge in [0.1, 0.15) is 5.75 Å². The van der Waals surface area contributed by atoms with E-state index in [0.29, 0.717) is 17.4 Å². The lowest BCUT2D eigenvalue weighted by atomic mass is 9.92. The maximum absolute atomic E-state index is 12.8. The summed E-state index contributed by atoms with van der Waals surface area (Å²) in [6.07, 6.45) is 0. The van der Waals surface area contributed by atoms with Crippen LogP contribution >= 0.6 is 0 Å². The van der Waals surface area contributed by atoms with E-state index in [-0.39, 0.29) is 5.91 Å². The van der Waals surface area contributed by atoms with Crippen molar-refractivity contribution in [1.82, 2.24) is 0 Å². The second kappa shape index (κ2) is 7.52. The third-order valence-corrected chi connectivity index (χ3v) is 4.28. The Kier molecular flexibility index (Phi) is 5.66. The zero-order valence-corrected chi connectivity index (χ0v) is 15.4. The summed E-state index contributed by atoms with van der Waals surface area (Å²) in [5, 5.41) is 3.13. The van der Waals surface area contributed by atoms with Crippen molar-refractivity contribution in [1.29, 1.82) is 0 Å². The highest BCUT2D eigenvalue weighted by Crippen LogP contribution is 2.33. The van der Waals surface area contributed by atoms with Gasteiger partial charge in [0, 0.05) is 11.3 Å². The summed E-state index contributed by atoms with van der Waals surface area (Å²) in [5.74, 6) is 1.30. The largest absolute Gasteiger partial charge is 0.496 e. The SMILES string of the molecule is COc1cc(C(=O)Nc2c(C(C)C)cccc2C(C)C)ccc1C. The van der Waals surface area contributed by atoms with Crippen LogP contribution in [0.3, 0.4) is 0 Å². The first-order chi connectivity index (χ1) is 11.3. The summed E-state index contributed by atoms with van der Waals surface area (Å²) < 4.78 is 5.33. The Morgan fingerprint density at radius 3 is 2.08 bits per heavy atom. The highest BCUT2D eigenvalue weighted by atomic mass is 16.5. The molecule has 3 heteroatoms. The van der Waals surface area contributed by atoms with E-state index < -0.39 is 0 Å². The average molecular weight is 325 g/mol. The molecule has 1 amide bonds. The fourth-order valence-corrected chi connectivity index (χ4v) is 2.84. The first-order valence-electron chi connectivity index (χ1n) is 8.44. The number of hydrogen-bond donors (Lipinski definition) is 1. The van der Waals surface area contributed by atoms with E-state index in [4.69, 9.17) is 4.74 Å². The van der Waals surface area contributed by atoms with E-state index in [1.807, 2.05) is 19.1 Å². The molecular formula is C21H27NO2. The normalized spacial score (nSPS) is 11.0. The molecule has 0 atom stereocenters. The van der Waals surface area contributed by atoms with Crippen LogP contribution < -0.4 is 10.1 Å². The van der Waals surface area contributed by atoms with Crippen LogP contribution in [0.2, 0.25) is 0 Å². The Hall–Kier alpha value is -2.29. The third-order valence-electron chi connectivity index (χ3n) is 4.28. The molecule has 0 bridgehead atoms. The number of rotatable bonds is 5. The van der Waals surface area contributed by atoms with E-state index in [1.54, 1.807) is 13.2 Å². The van der Waals surface area contributed by atoms with Gasteiger partial charge in [0.15, 0.2) is 0 Å². The van der Waals surface area contributed by atoms with Crippen LogP contribution in [0.15, 0.2) is 36.4 Å². The molecule has 2 rings (SSSR count). The zero-order valence-electron chi connectivity index (χ0n) is 15.4. The minimum Gasteiger partial charge on any atom is -0.496 e. The first-order valence-corrected chi connectivity index (χ1v) is 8.44. The van der Waals surface area contributed by atoms with Crippen LogP contribution in [0.1, 0.15) is 66.6 Å². The number of benzene rings is 2. The van der Waals surface area contributed by atoms with Crippen molar-refractivity contribution in [2.45, 2.75) is 46.5 Å². The molecular weight excluding hydrogens is 298 g/mol. The Labute approximate surface area is 145 Å². The number of ether oxygens (including phenoxy) is 1. The molecule has 0 aliphatic heterocycles. The topological polar surface area (TPSA) is 38.3 Å². The van der Waals surface area contributed by atoms with Crippen LogP contribution in [-0.4, -0.2) is 13.0 Å². The highest BCUT2D eigenvalue weighted by Gasteiger charge is 2.17. The van der Waals surface area contributed by atoms with Crippen molar-refractivity contribution in [3.8, 4) is 5.75 Å². The van der Waals surface area contributed by atoms with Gasteiger partial charge >= 0.3 is 0 Å². The van der Waals surface area contributed by atoms with Gasteiger partial charge in [-0.15, -0.1) is 0 Å². The Morgan fingerprint density at radius 1 is 1.00 bits per heavy atom. The van der Waals surface area contributed by atoms with Gasteiger partial charge in [-0.2, -0.15) is 0 Å². The molecule has 2 aromatic rings. The lowest BCUT2D eigenvalue weighted by molar-refractivity contribution is 0.102. The molecule has 0 spiro atoms. The van der Waals surface area contributed by atoms with Gasteiger partial charge in [0.2, 0.25) is 0 Å². The molecule has 128 valence electrons. The summed E-state index contributed by atoms with van der Waals surface area (Å²) in [6.45, 7) is 10.5. The van der Waals surface area contributed by atoms with Crippen molar-refractivity contribution < 1.29 is 9.53 Å². The molecule has 0 aliphatic rings. The van der Waals surface area contributed by atoms with Gasteiger partial charge in [-0.3, -0.25) is 4.79 Å². The molecule has 0 aliphatic carbocycles. The number of hydrogen-bond acceptors (Lipinski definition) is 2. The van der Waals surface area contributed by atoms with Crippen molar-refractivity contribution in [3.05, 3.63) is 58.7 Å². The van der Waals surface area contributed by atoms with Gasteiger partial charge < -0.3 is 10.1 Å². The lowest BCUT2D eigenvalue weighted by Crippen LogP contribution is -2.16. The Morgan fingerprint density at radius 2 is 1.58 bits per heavy atom. The second-order valence-electron chi connectivity index (χ2n) is 6.76. The predicted octanol–water partition coefficient (Wildman–Crippen LogP) is 5.50. The number of anilines is 1. The minimum absolute atomic E-state index is 0.108. The van der Waals surface area contributed by atoms with Crippen molar-refractivity contribution >= 4 is 11.6 Å². The fraction of sp³-hybridized carbons (Fsp3) is 0.381. The number of amides is 1. The number of nitrogens with one attached hydrogen (secondary N) is 1.